The Balaban J connectivity index is 2.51. The fourth-order valence-corrected chi connectivity index (χ4v) is 1.53. The van der Waals surface area contributed by atoms with Gasteiger partial charge >= 0.3 is 11.9 Å². The maximum absolute atomic E-state index is 13.8. The summed E-state index contributed by atoms with van der Waals surface area (Å²) in [5.41, 5.74) is -0.0996. The first kappa shape index (κ1) is 11.5. The van der Waals surface area contributed by atoms with E-state index in [9.17, 15) is 13.6 Å². The molecule has 0 fully saturated rings. The largest absolute Gasteiger partial charge is 0.461 e. The fourth-order valence-electron chi connectivity index (χ4n) is 1.53. The molecule has 0 saturated heterocycles. The number of rotatable bonds is 3. The second-order valence-corrected chi connectivity index (χ2v) is 3.36. The molecule has 0 bridgehead atoms. The molecule has 2 aromatic rings. The normalized spacial score (nSPS) is 11.7. The Morgan fingerprint density at radius 2 is 2.29 bits per heavy atom. The lowest BCUT2D eigenvalue weighted by molar-refractivity contribution is -0.173. The molecule has 2 rings (SSSR count). The highest BCUT2D eigenvalue weighted by Gasteiger charge is 2.44. The smallest absolute Gasteiger partial charge is 0.383 e. The molecule has 4 nitrogen and oxygen atoms in total. The van der Waals surface area contributed by atoms with E-state index in [-0.39, 0.29) is 6.61 Å². The first-order valence-electron chi connectivity index (χ1n) is 5.05. The van der Waals surface area contributed by atoms with E-state index in [2.05, 4.69) is 9.72 Å². The third-order valence-corrected chi connectivity index (χ3v) is 2.28. The summed E-state index contributed by atoms with van der Waals surface area (Å²) in [4.78, 5) is 15.1. The minimum Gasteiger partial charge on any atom is -0.461 e. The average molecular weight is 240 g/mol. The summed E-state index contributed by atoms with van der Waals surface area (Å²) >= 11 is 0. The van der Waals surface area contributed by atoms with Gasteiger partial charge in [-0.3, -0.25) is 4.40 Å². The highest BCUT2D eigenvalue weighted by Crippen LogP contribution is 2.29. The zero-order valence-electron chi connectivity index (χ0n) is 9.06. The van der Waals surface area contributed by atoms with E-state index < -0.39 is 17.6 Å². The third kappa shape index (κ3) is 1.86. The summed E-state index contributed by atoms with van der Waals surface area (Å²) in [5, 5.41) is 0. The number of hydrogen-bond acceptors (Lipinski definition) is 3. The quantitative estimate of drug-likeness (QED) is 0.770. The first-order valence-corrected chi connectivity index (χ1v) is 5.05. The third-order valence-electron chi connectivity index (χ3n) is 2.28. The summed E-state index contributed by atoms with van der Waals surface area (Å²) in [6.45, 7) is 1.39. The summed E-state index contributed by atoms with van der Waals surface area (Å²) in [7, 11) is 0. The minimum atomic E-state index is -3.68. The molecule has 17 heavy (non-hydrogen) atoms. The van der Waals surface area contributed by atoms with Crippen LogP contribution in [0, 0.1) is 0 Å². The number of ether oxygens (including phenoxy) is 1. The molecule has 2 aromatic heterocycles. The molecule has 2 heterocycles. The van der Waals surface area contributed by atoms with Gasteiger partial charge in [-0.05, 0) is 19.1 Å². The molecule has 0 amide bonds. The van der Waals surface area contributed by atoms with Crippen LogP contribution in [0.4, 0.5) is 8.78 Å². The molecule has 0 aliphatic carbocycles. The van der Waals surface area contributed by atoms with Gasteiger partial charge in [0.05, 0.1) is 6.61 Å². The monoisotopic (exact) mass is 240 g/mol. The van der Waals surface area contributed by atoms with Crippen LogP contribution in [0.2, 0.25) is 0 Å². The molecule has 0 radical (unpaired) electrons. The number of carbonyl (C=O) groups is 1. The summed E-state index contributed by atoms with van der Waals surface area (Å²) in [6.07, 6.45) is 2.76. The van der Waals surface area contributed by atoms with Gasteiger partial charge in [0, 0.05) is 12.4 Å². The van der Waals surface area contributed by atoms with Gasteiger partial charge in [-0.2, -0.15) is 8.78 Å². The van der Waals surface area contributed by atoms with Crippen molar-refractivity contribution in [3.63, 3.8) is 0 Å². The number of pyridine rings is 1. The molecular weight excluding hydrogens is 230 g/mol. The highest BCUT2D eigenvalue weighted by molar-refractivity contribution is 5.79. The predicted octanol–water partition coefficient (Wildman–Crippen LogP) is 1.99. The van der Waals surface area contributed by atoms with Crippen molar-refractivity contribution in [2.45, 2.75) is 12.8 Å². The van der Waals surface area contributed by atoms with Crippen LogP contribution in [0.3, 0.4) is 0 Å². The molecule has 90 valence electrons. The van der Waals surface area contributed by atoms with Crippen molar-refractivity contribution in [3.05, 3.63) is 36.3 Å². The number of nitrogens with zero attached hydrogens (tertiary/aromatic N) is 2. The van der Waals surface area contributed by atoms with E-state index in [1.165, 1.54) is 31.5 Å². The number of esters is 1. The Bertz CT molecular complexity index is 551. The van der Waals surface area contributed by atoms with E-state index in [0.717, 1.165) is 4.40 Å². The number of halogens is 2. The first-order chi connectivity index (χ1) is 8.07. The van der Waals surface area contributed by atoms with Crippen molar-refractivity contribution < 1.29 is 18.3 Å². The number of alkyl halides is 2. The van der Waals surface area contributed by atoms with Crippen LogP contribution in [0.1, 0.15) is 12.6 Å². The Morgan fingerprint density at radius 1 is 1.53 bits per heavy atom. The lowest BCUT2D eigenvalue weighted by atomic mass is 10.2. The van der Waals surface area contributed by atoms with Crippen molar-refractivity contribution in [1.82, 2.24) is 9.38 Å². The van der Waals surface area contributed by atoms with Crippen LogP contribution >= 0.6 is 0 Å². The number of aromatic nitrogens is 2. The van der Waals surface area contributed by atoms with Gasteiger partial charge in [0.25, 0.3) is 0 Å². The maximum Gasteiger partial charge on any atom is 0.383 e. The lowest BCUT2D eigenvalue weighted by Gasteiger charge is -2.16. The Labute approximate surface area is 95.8 Å². The fraction of sp³-hybridized carbons (Fsp3) is 0.273. The van der Waals surface area contributed by atoms with Gasteiger partial charge in [0.15, 0.2) is 0 Å². The Hall–Kier alpha value is -1.98. The summed E-state index contributed by atoms with van der Waals surface area (Å²) in [5.74, 6) is -5.24. The summed E-state index contributed by atoms with van der Waals surface area (Å²) < 4.78 is 33.2. The van der Waals surface area contributed by atoms with Gasteiger partial charge in [0.1, 0.15) is 11.3 Å². The Morgan fingerprint density at radius 3 is 3.00 bits per heavy atom. The molecule has 0 aromatic carbocycles. The Kier molecular flexibility index (Phi) is 2.79. The highest BCUT2D eigenvalue weighted by atomic mass is 19.3. The molecular formula is C11H10F2N2O2. The van der Waals surface area contributed by atoms with E-state index in [1.54, 1.807) is 6.07 Å². The topological polar surface area (TPSA) is 43.6 Å². The van der Waals surface area contributed by atoms with Crippen LogP contribution in [-0.2, 0) is 15.5 Å². The minimum absolute atomic E-state index is 0.0890. The lowest BCUT2D eigenvalue weighted by Crippen LogP contribution is -2.30. The second-order valence-electron chi connectivity index (χ2n) is 3.36. The number of carbonyl (C=O) groups excluding carboxylic acids is 1. The second kappa shape index (κ2) is 4.12. The van der Waals surface area contributed by atoms with Crippen molar-refractivity contribution in [2.24, 2.45) is 0 Å². The van der Waals surface area contributed by atoms with Crippen molar-refractivity contribution >= 4 is 11.6 Å². The number of imidazole rings is 1. The van der Waals surface area contributed by atoms with E-state index >= 15 is 0 Å². The summed E-state index contributed by atoms with van der Waals surface area (Å²) in [6, 6.07) is 4.17. The van der Waals surface area contributed by atoms with Crippen molar-refractivity contribution in [3.8, 4) is 0 Å². The van der Waals surface area contributed by atoms with Crippen molar-refractivity contribution in [2.75, 3.05) is 6.61 Å². The maximum atomic E-state index is 13.8. The van der Waals surface area contributed by atoms with E-state index in [0.29, 0.717) is 5.65 Å². The van der Waals surface area contributed by atoms with Crippen LogP contribution < -0.4 is 0 Å². The standard InChI is InChI=1S/C11H10F2N2O2/c1-2-17-10(16)11(12,13)8-4-3-5-9-14-6-7-15(8)9/h3-7H,2H2,1H3. The van der Waals surface area contributed by atoms with Crippen LogP contribution in [0.25, 0.3) is 5.65 Å². The van der Waals surface area contributed by atoms with Crippen LogP contribution in [0.15, 0.2) is 30.6 Å². The van der Waals surface area contributed by atoms with Crippen molar-refractivity contribution in [1.29, 1.82) is 0 Å². The van der Waals surface area contributed by atoms with Gasteiger partial charge < -0.3 is 4.74 Å². The molecule has 0 unspecified atom stereocenters. The SMILES string of the molecule is CCOC(=O)C(F)(F)c1cccc2nccn12. The van der Waals surface area contributed by atoms with Crippen LogP contribution in [-0.4, -0.2) is 22.0 Å². The molecule has 0 aliphatic heterocycles. The van der Waals surface area contributed by atoms with E-state index in [1.807, 2.05) is 0 Å². The van der Waals surface area contributed by atoms with Gasteiger partial charge in [0.2, 0.25) is 0 Å². The van der Waals surface area contributed by atoms with Crippen LogP contribution in [0.5, 0.6) is 0 Å². The molecule has 0 N–H and O–H groups in total. The number of fused-ring (bicyclic) bond motifs is 1. The predicted molar refractivity (Wildman–Crippen MR) is 55.7 cm³/mol. The molecule has 6 heteroatoms. The number of hydrogen-bond donors (Lipinski definition) is 0. The zero-order valence-corrected chi connectivity index (χ0v) is 9.06. The zero-order chi connectivity index (χ0) is 12.5. The van der Waals surface area contributed by atoms with Gasteiger partial charge in [-0.25, -0.2) is 9.78 Å². The molecule has 0 aliphatic rings. The molecule has 0 atom stereocenters. The molecule has 0 saturated carbocycles. The average Bonchev–Trinajstić information content (AvgIpc) is 2.76. The van der Waals surface area contributed by atoms with Gasteiger partial charge in [-0.1, -0.05) is 6.07 Å². The van der Waals surface area contributed by atoms with E-state index in [4.69, 9.17) is 0 Å². The molecule has 0 spiro atoms. The van der Waals surface area contributed by atoms with Gasteiger partial charge in [-0.15, -0.1) is 0 Å².